The average molecular weight is 312 g/mol. The Kier molecular flexibility index (Phi) is 3.44. The lowest BCUT2D eigenvalue weighted by Crippen LogP contribution is -2.55. The maximum absolute atomic E-state index is 12.4. The van der Waals surface area contributed by atoms with Crippen molar-refractivity contribution in [2.75, 3.05) is 6.67 Å². The van der Waals surface area contributed by atoms with Gasteiger partial charge >= 0.3 is 12.1 Å². The monoisotopic (exact) mass is 312 g/mol. The molecule has 0 aliphatic carbocycles. The van der Waals surface area contributed by atoms with Crippen LogP contribution in [0.2, 0.25) is 0 Å². The van der Waals surface area contributed by atoms with Crippen LogP contribution in [0, 0.1) is 0 Å². The molecule has 0 aromatic rings. The summed E-state index contributed by atoms with van der Waals surface area (Å²) in [5.74, 6) is -1.03. The summed E-state index contributed by atoms with van der Waals surface area (Å²) in [6, 6.07) is -1.32. The first-order valence-corrected chi connectivity index (χ1v) is 6.88. The molecule has 0 bridgehead atoms. The third-order valence-corrected chi connectivity index (χ3v) is 4.21. The smallest absolute Gasteiger partial charge is 0.331 e. The minimum absolute atomic E-state index is 0.231. The van der Waals surface area contributed by atoms with E-state index in [2.05, 4.69) is 5.32 Å². The van der Waals surface area contributed by atoms with Crippen molar-refractivity contribution < 1.29 is 24.3 Å². The van der Waals surface area contributed by atoms with Gasteiger partial charge in [-0.25, -0.2) is 14.5 Å². The van der Waals surface area contributed by atoms with Crippen LogP contribution in [0.4, 0.5) is 9.59 Å². The fraction of sp³-hybridized carbons (Fsp3) is 0.692. The van der Waals surface area contributed by atoms with Gasteiger partial charge < -0.3 is 5.11 Å². The van der Waals surface area contributed by atoms with Crippen LogP contribution < -0.4 is 5.32 Å². The highest BCUT2D eigenvalue weighted by molar-refractivity contribution is 6.08. The van der Waals surface area contributed by atoms with E-state index in [-0.39, 0.29) is 6.67 Å². The van der Waals surface area contributed by atoms with Crippen LogP contribution in [0.5, 0.6) is 0 Å². The Hall–Kier alpha value is -2.16. The van der Waals surface area contributed by atoms with Crippen molar-refractivity contribution in [3.05, 3.63) is 0 Å². The number of hydrogen-bond acceptors (Lipinski definition) is 5. The first-order valence-electron chi connectivity index (χ1n) is 6.88. The average Bonchev–Trinajstić information content (AvgIpc) is 2.65. The highest BCUT2D eigenvalue weighted by Crippen LogP contribution is 2.31. The lowest BCUT2D eigenvalue weighted by molar-refractivity contribution is -0.137. The second-order valence-electron chi connectivity index (χ2n) is 6.46. The summed E-state index contributed by atoms with van der Waals surface area (Å²) >= 11 is 0. The minimum atomic E-state index is -1.27. The molecule has 0 spiro atoms. The van der Waals surface area contributed by atoms with Gasteiger partial charge in [-0.1, -0.05) is 0 Å². The summed E-state index contributed by atoms with van der Waals surface area (Å²) in [5, 5.41) is 11.8. The number of aliphatic hydroxyl groups excluding tert-OH is 1. The first kappa shape index (κ1) is 16.2. The van der Waals surface area contributed by atoms with Gasteiger partial charge in [0.25, 0.3) is 11.8 Å². The van der Waals surface area contributed by atoms with Gasteiger partial charge in [-0.15, -0.1) is 0 Å². The van der Waals surface area contributed by atoms with Crippen molar-refractivity contribution in [1.29, 1.82) is 0 Å². The predicted molar refractivity (Wildman–Crippen MR) is 74.2 cm³/mol. The summed E-state index contributed by atoms with van der Waals surface area (Å²) in [7, 11) is 0. The Labute approximate surface area is 127 Å². The van der Waals surface area contributed by atoms with E-state index >= 15 is 0 Å². The Bertz CT molecular complexity index is 569. The molecule has 0 radical (unpaired) electrons. The van der Waals surface area contributed by atoms with Crippen LogP contribution in [0.1, 0.15) is 34.6 Å². The number of urea groups is 2. The Morgan fingerprint density at radius 1 is 1.05 bits per heavy atom. The summed E-state index contributed by atoms with van der Waals surface area (Å²) in [5.41, 5.74) is -2.36. The molecule has 9 nitrogen and oxygen atoms in total. The topological polar surface area (TPSA) is 110 Å². The quantitative estimate of drug-likeness (QED) is 0.692. The first-order chi connectivity index (χ1) is 9.92. The van der Waals surface area contributed by atoms with Crippen LogP contribution in [-0.4, -0.2) is 67.7 Å². The van der Waals surface area contributed by atoms with E-state index in [0.717, 1.165) is 4.90 Å². The van der Waals surface area contributed by atoms with Crippen LogP contribution in [0.3, 0.4) is 0 Å². The van der Waals surface area contributed by atoms with E-state index in [1.165, 1.54) is 30.6 Å². The molecule has 1 unspecified atom stereocenters. The minimum Gasteiger partial charge on any atom is -0.373 e. The molecule has 22 heavy (non-hydrogen) atoms. The van der Waals surface area contributed by atoms with Crippen molar-refractivity contribution in [2.45, 2.75) is 51.9 Å². The van der Waals surface area contributed by atoms with Gasteiger partial charge in [0.2, 0.25) is 0 Å². The van der Waals surface area contributed by atoms with E-state index in [9.17, 15) is 24.3 Å². The van der Waals surface area contributed by atoms with Crippen molar-refractivity contribution in [1.82, 2.24) is 20.0 Å². The highest BCUT2D eigenvalue weighted by Gasteiger charge is 2.55. The molecule has 2 saturated heterocycles. The van der Waals surface area contributed by atoms with Crippen LogP contribution in [-0.2, 0) is 9.59 Å². The molecule has 2 rings (SSSR count). The Morgan fingerprint density at radius 3 is 1.95 bits per heavy atom. The van der Waals surface area contributed by atoms with Crippen molar-refractivity contribution in [3.63, 3.8) is 0 Å². The second-order valence-corrected chi connectivity index (χ2v) is 6.46. The number of nitrogens with one attached hydrogen (secondary N) is 1. The molecule has 2 fully saturated rings. The number of carbonyl (C=O) groups excluding carboxylic acids is 4. The highest BCUT2D eigenvalue weighted by atomic mass is 16.3. The summed E-state index contributed by atoms with van der Waals surface area (Å²) < 4.78 is 0. The maximum Gasteiger partial charge on any atom is 0.331 e. The SMILES string of the molecule is CC(O)N1C(=O)N(CN2C(=O)NC(=O)C2(C)C)C(C)(C)C1=O. The summed E-state index contributed by atoms with van der Waals surface area (Å²) in [6.45, 7) is 7.23. The zero-order valence-corrected chi connectivity index (χ0v) is 13.2. The van der Waals surface area contributed by atoms with Gasteiger partial charge in [-0.2, -0.15) is 0 Å². The largest absolute Gasteiger partial charge is 0.373 e. The normalized spacial score (nSPS) is 25.1. The fourth-order valence-corrected chi connectivity index (χ4v) is 2.51. The number of carbonyl (C=O) groups is 4. The number of imide groups is 2. The number of rotatable bonds is 3. The molecule has 6 amide bonds. The van der Waals surface area contributed by atoms with E-state index in [1.54, 1.807) is 13.8 Å². The van der Waals surface area contributed by atoms with Crippen LogP contribution in [0.15, 0.2) is 0 Å². The molecule has 2 heterocycles. The van der Waals surface area contributed by atoms with Gasteiger partial charge in [0.1, 0.15) is 24.0 Å². The second kappa shape index (κ2) is 4.67. The molecule has 0 saturated carbocycles. The third kappa shape index (κ3) is 2.04. The van der Waals surface area contributed by atoms with Gasteiger partial charge in [0, 0.05) is 0 Å². The van der Waals surface area contributed by atoms with Crippen LogP contribution in [0.25, 0.3) is 0 Å². The molecule has 0 aromatic heterocycles. The predicted octanol–water partition coefficient (Wildman–Crippen LogP) is -0.345. The van der Waals surface area contributed by atoms with Crippen molar-refractivity contribution >= 4 is 23.9 Å². The molecule has 122 valence electrons. The number of aliphatic hydroxyl groups is 1. The number of nitrogens with zero attached hydrogens (tertiary/aromatic N) is 3. The zero-order valence-electron chi connectivity index (χ0n) is 13.2. The summed E-state index contributed by atoms with van der Waals surface area (Å²) in [4.78, 5) is 51.5. The van der Waals surface area contributed by atoms with Gasteiger partial charge in [-0.05, 0) is 34.6 Å². The van der Waals surface area contributed by atoms with Crippen molar-refractivity contribution in [3.8, 4) is 0 Å². The fourth-order valence-electron chi connectivity index (χ4n) is 2.51. The molecule has 0 aromatic carbocycles. The number of hydrogen-bond donors (Lipinski definition) is 2. The van der Waals surface area contributed by atoms with E-state index in [4.69, 9.17) is 0 Å². The van der Waals surface area contributed by atoms with Gasteiger partial charge in [-0.3, -0.25) is 24.7 Å². The van der Waals surface area contributed by atoms with Gasteiger partial charge in [0.05, 0.1) is 0 Å². The molecular formula is C13H20N4O5. The lowest BCUT2D eigenvalue weighted by atomic mass is 10.0. The Morgan fingerprint density at radius 2 is 1.59 bits per heavy atom. The standard InChI is InChI=1S/C13H20N4O5/c1-7(18)17-9(20)13(4,5)16(11(17)22)6-15-10(21)14-8(19)12(15,2)3/h7,18H,6H2,1-5H3,(H,14,19,21). The molecular weight excluding hydrogens is 292 g/mol. The third-order valence-electron chi connectivity index (χ3n) is 4.21. The van der Waals surface area contributed by atoms with E-state index < -0.39 is 41.2 Å². The summed E-state index contributed by atoms with van der Waals surface area (Å²) in [6.07, 6.45) is -1.27. The lowest BCUT2D eigenvalue weighted by Gasteiger charge is -2.35. The molecule has 2 aliphatic rings. The Balaban J connectivity index is 2.33. The van der Waals surface area contributed by atoms with Gasteiger partial charge in [0.15, 0.2) is 0 Å². The van der Waals surface area contributed by atoms with Crippen LogP contribution >= 0.6 is 0 Å². The van der Waals surface area contributed by atoms with E-state index in [0.29, 0.717) is 0 Å². The number of amides is 6. The molecule has 9 heteroatoms. The zero-order chi connectivity index (χ0) is 17.0. The molecule has 2 N–H and O–H groups in total. The van der Waals surface area contributed by atoms with Crippen molar-refractivity contribution in [2.24, 2.45) is 0 Å². The van der Waals surface area contributed by atoms with E-state index in [1.807, 2.05) is 0 Å². The molecule has 2 aliphatic heterocycles. The molecule has 1 atom stereocenters. The maximum atomic E-state index is 12.4.